The molecule has 0 aliphatic carbocycles. The van der Waals surface area contributed by atoms with Crippen molar-refractivity contribution >= 4 is 23.3 Å². The van der Waals surface area contributed by atoms with Crippen molar-refractivity contribution < 1.29 is 9.90 Å². The number of nitrogens with zero attached hydrogens (tertiary/aromatic N) is 2. The largest absolute Gasteiger partial charge is 0.480 e. The van der Waals surface area contributed by atoms with Gasteiger partial charge in [0.15, 0.2) is 0 Å². The fourth-order valence-electron chi connectivity index (χ4n) is 1.01. The standard InChI is InChI=1S/C7H8ClN3O3/c1-11(3-5(12)13)6-4(8)2-9-10-7(6)14/h2H,3H2,1H3,(H,10,14)(H,12,13). The molecule has 1 aromatic rings. The predicted octanol–water partition coefficient (Wildman–Crippen LogP) is -0.0559. The van der Waals surface area contributed by atoms with Gasteiger partial charge in [-0.25, -0.2) is 5.10 Å². The van der Waals surface area contributed by atoms with Crippen LogP contribution in [-0.2, 0) is 4.79 Å². The van der Waals surface area contributed by atoms with Crippen LogP contribution in [0.5, 0.6) is 0 Å². The van der Waals surface area contributed by atoms with E-state index in [1.807, 2.05) is 0 Å². The molecule has 7 heteroatoms. The molecule has 0 aliphatic rings. The number of aromatic nitrogens is 2. The van der Waals surface area contributed by atoms with Gasteiger partial charge in [0.05, 0.1) is 11.2 Å². The Morgan fingerprint density at radius 1 is 1.79 bits per heavy atom. The van der Waals surface area contributed by atoms with Gasteiger partial charge in [0.2, 0.25) is 0 Å². The summed E-state index contributed by atoms with van der Waals surface area (Å²) in [5.41, 5.74) is -0.412. The maximum Gasteiger partial charge on any atom is 0.323 e. The van der Waals surface area contributed by atoms with E-state index in [4.69, 9.17) is 16.7 Å². The molecule has 0 aliphatic heterocycles. The molecule has 1 heterocycles. The third kappa shape index (κ3) is 2.23. The fourth-order valence-corrected chi connectivity index (χ4v) is 1.29. The molecule has 0 radical (unpaired) electrons. The van der Waals surface area contributed by atoms with Crippen LogP contribution < -0.4 is 10.5 Å². The van der Waals surface area contributed by atoms with Crippen molar-refractivity contribution in [2.45, 2.75) is 0 Å². The lowest BCUT2D eigenvalue weighted by atomic mass is 10.4. The maximum absolute atomic E-state index is 11.2. The molecule has 0 fully saturated rings. The molecule has 6 nitrogen and oxygen atoms in total. The third-order valence-corrected chi connectivity index (χ3v) is 1.82. The van der Waals surface area contributed by atoms with E-state index in [-0.39, 0.29) is 17.3 Å². The molecule has 0 saturated heterocycles. The second-order valence-corrected chi connectivity index (χ2v) is 3.05. The van der Waals surface area contributed by atoms with Crippen LogP contribution >= 0.6 is 11.6 Å². The van der Waals surface area contributed by atoms with E-state index in [2.05, 4.69) is 10.2 Å². The number of nitrogens with one attached hydrogen (secondary N) is 1. The molecule has 14 heavy (non-hydrogen) atoms. The zero-order chi connectivity index (χ0) is 10.7. The van der Waals surface area contributed by atoms with Gasteiger partial charge in [-0.1, -0.05) is 11.6 Å². The number of carboxylic acids is 1. The summed E-state index contributed by atoms with van der Waals surface area (Å²) in [5.74, 6) is -1.04. The first-order valence-electron chi connectivity index (χ1n) is 3.68. The van der Waals surface area contributed by atoms with Crippen molar-refractivity contribution in [1.82, 2.24) is 10.2 Å². The molecule has 76 valence electrons. The lowest BCUT2D eigenvalue weighted by Gasteiger charge is -2.15. The van der Waals surface area contributed by atoms with Crippen molar-refractivity contribution in [1.29, 1.82) is 0 Å². The van der Waals surface area contributed by atoms with E-state index in [9.17, 15) is 9.59 Å². The van der Waals surface area contributed by atoms with Crippen LogP contribution in [0.25, 0.3) is 0 Å². The van der Waals surface area contributed by atoms with Crippen molar-refractivity contribution in [3.8, 4) is 0 Å². The SMILES string of the molecule is CN(CC(=O)O)c1c(Cl)cn[nH]c1=O. The lowest BCUT2D eigenvalue weighted by Crippen LogP contribution is -2.30. The summed E-state index contributed by atoms with van der Waals surface area (Å²) in [6.07, 6.45) is 1.25. The Morgan fingerprint density at radius 2 is 2.43 bits per heavy atom. The fraction of sp³-hybridized carbons (Fsp3) is 0.286. The molecule has 0 unspecified atom stereocenters. The van der Waals surface area contributed by atoms with E-state index in [0.29, 0.717) is 0 Å². The molecule has 0 atom stereocenters. The Balaban J connectivity index is 3.06. The highest BCUT2D eigenvalue weighted by atomic mass is 35.5. The highest BCUT2D eigenvalue weighted by Gasteiger charge is 2.13. The Morgan fingerprint density at radius 3 is 2.93 bits per heavy atom. The van der Waals surface area contributed by atoms with E-state index in [1.165, 1.54) is 18.1 Å². The normalized spacial score (nSPS) is 9.86. The van der Waals surface area contributed by atoms with E-state index in [1.54, 1.807) is 0 Å². The Kier molecular flexibility index (Phi) is 3.08. The predicted molar refractivity (Wildman–Crippen MR) is 50.8 cm³/mol. The molecule has 0 amide bonds. The van der Waals surface area contributed by atoms with Gasteiger partial charge in [0.1, 0.15) is 12.2 Å². The maximum atomic E-state index is 11.2. The number of likely N-dealkylation sites (N-methyl/N-ethyl adjacent to an activating group) is 1. The van der Waals surface area contributed by atoms with Crippen molar-refractivity contribution in [3.05, 3.63) is 21.6 Å². The smallest absolute Gasteiger partial charge is 0.323 e. The number of aromatic amines is 1. The van der Waals surface area contributed by atoms with Crippen molar-refractivity contribution in [2.24, 2.45) is 0 Å². The van der Waals surface area contributed by atoms with Crippen LogP contribution in [0.1, 0.15) is 0 Å². The van der Waals surface area contributed by atoms with Gasteiger partial charge in [-0.05, 0) is 0 Å². The summed E-state index contributed by atoms with van der Waals surface area (Å²) in [5, 5.41) is 14.3. The monoisotopic (exact) mass is 217 g/mol. The topological polar surface area (TPSA) is 86.3 Å². The zero-order valence-electron chi connectivity index (χ0n) is 7.32. The summed E-state index contributed by atoms with van der Waals surface area (Å²) in [7, 11) is 1.46. The summed E-state index contributed by atoms with van der Waals surface area (Å²) < 4.78 is 0. The molecule has 0 aromatic carbocycles. The Labute approximate surface area is 84.1 Å². The van der Waals surface area contributed by atoms with Gasteiger partial charge in [-0.2, -0.15) is 5.10 Å². The van der Waals surface area contributed by atoms with Gasteiger partial charge in [-0.3, -0.25) is 9.59 Å². The molecular weight excluding hydrogens is 210 g/mol. The average Bonchev–Trinajstić information content (AvgIpc) is 2.01. The van der Waals surface area contributed by atoms with Crippen LogP contribution in [0.3, 0.4) is 0 Å². The quantitative estimate of drug-likeness (QED) is 0.741. The average molecular weight is 218 g/mol. The number of anilines is 1. The van der Waals surface area contributed by atoms with E-state index < -0.39 is 11.5 Å². The minimum absolute atomic E-state index is 0.101. The number of H-pyrrole nitrogens is 1. The minimum atomic E-state index is -1.04. The van der Waals surface area contributed by atoms with Gasteiger partial charge in [-0.15, -0.1) is 0 Å². The second-order valence-electron chi connectivity index (χ2n) is 2.65. The number of aliphatic carboxylic acids is 1. The lowest BCUT2D eigenvalue weighted by molar-refractivity contribution is -0.135. The van der Waals surface area contributed by atoms with Crippen LogP contribution in [0, 0.1) is 0 Å². The molecule has 0 bridgehead atoms. The van der Waals surface area contributed by atoms with Crippen LogP contribution in [0.4, 0.5) is 5.69 Å². The van der Waals surface area contributed by atoms with Gasteiger partial charge in [0, 0.05) is 7.05 Å². The first-order chi connectivity index (χ1) is 6.52. The van der Waals surface area contributed by atoms with Crippen LogP contribution in [0.2, 0.25) is 5.02 Å². The molecule has 1 aromatic heterocycles. The summed E-state index contributed by atoms with van der Waals surface area (Å²) >= 11 is 5.69. The number of carboxylic acid groups (broad SMARTS) is 1. The minimum Gasteiger partial charge on any atom is -0.480 e. The number of halogens is 1. The number of hydrogen-bond acceptors (Lipinski definition) is 4. The molecule has 2 N–H and O–H groups in total. The highest BCUT2D eigenvalue weighted by Crippen LogP contribution is 2.17. The van der Waals surface area contributed by atoms with Gasteiger partial charge >= 0.3 is 5.97 Å². The first-order valence-corrected chi connectivity index (χ1v) is 4.06. The molecule has 0 saturated carbocycles. The zero-order valence-corrected chi connectivity index (χ0v) is 8.08. The first kappa shape index (κ1) is 10.5. The molecule has 0 spiro atoms. The van der Waals surface area contributed by atoms with Crippen LogP contribution in [0.15, 0.2) is 11.0 Å². The molecule has 1 rings (SSSR count). The number of hydrogen-bond donors (Lipinski definition) is 2. The molecular formula is C7H8ClN3O3. The summed E-state index contributed by atoms with van der Waals surface area (Å²) in [6, 6.07) is 0. The Hall–Kier alpha value is -1.56. The highest BCUT2D eigenvalue weighted by molar-refractivity contribution is 6.33. The van der Waals surface area contributed by atoms with Crippen molar-refractivity contribution in [3.63, 3.8) is 0 Å². The van der Waals surface area contributed by atoms with Gasteiger partial charge < -0.3 is 10.0 Å². The number of carbonyl (C=O) groups is 1. The summed E-state index contributed by atoms with van der Waals surface area (Å²) in [4.78, 5) is 22.9. The van der Waals surface area contributed by atoms with Crippen molar-refractivity contribution in [2.75, 3.05) is 18.5 Å². The van der Waals surface area contributed by atoms with Gasteiger partial charge in [0.25, 0.3) is 5.56 Å². The Bertz CT molecular complexity index is 403. The van der Waals surface area contributed by atoms with Crippen LogP contribution in [-0.4, -0.2) is 34.9 Å². The number of rotatable bonds is 3. The summed E-state index contributed by atoms with van der Waals surface area (Å²) in [6.45, 7) is -0.299. The third-order valence-electron chi connectivity index (χ3n) is 1.54. The second kappa shape index (κ2) is 4.10. The van der Waals surface area contributed by atoms with E-state index in [0.717, 1.165) is 0 Å². The van der Waals surface area contributed by atoms with E-state index >= 15 is 0 Å².